The van der Waals surface area contributed by atoms with Gasteiger partial charge in [0.15, 0.2) is 0 Å². The lowest BCUT2D eigenvalue weighted by Gasteiger charge is -2.33. The first-order valence-electron chi connectivity index (χ1n) is 7.26. The lowest BCUT2D eigenvalue weighted by molar-refractivity contribution is -0.149. The topological polar surface area (TPSA) is 86.8 Å². The minimum absolute atomic E-state index is 0.323. The lowest BCUT2D eigenvalue weighted by Crippen LogP contribution is -2.46. The Labute approximate surface area is 128 Å². The van der Waals surface area contributed by atoms with E-state index in [9.17, 15) is 9.90 Å². The van der Waals surface area contributed by atoms with Crippen LogP contribution >= 0.6 is 0 Å². The fraction of sp³-hybridized carbons (Fsp3) is 0.375. The average molecular weight is 302 g/mol. The number of piperidine rings is 1. The average Bonchev–Trinajstić information content (AvgIpc) is 2.98. The Morgan fingerprint density at radius 1 is 1.36 bits per heavy atom. The van der Waals surface area contributed by atoms with E-state index >= 15 is 0 Å². The molecule has 2 atom stereocenters. The van der Waals surface area contributed by atoms with E-state index in [0.29, 0.717) is 31.9 Å². The highest BCUT2D eigenvalue weighted by atomic mass is 16.4. The summed E-state index contributed by atoms with van der Waals surface area (Å²) in [5, 5.41) is 18.9. The second-order valence-corrected chi connectivity index (χ2v) is 5.55. The van der Waals surface area contributed by atoms with Crippen LogP contribution in [0, 0.1) is 5.92 Å². The molecule has 2 N–H and O–H groups in total. The normalized spacial score (nSPS) is 22.6. The molecule has 0 saturated carbocycles. The zero-order valence-corrected chi connectivity index (χ0v) is 12.1. The van der Waals surface area contributed by atoms with Crippen LogP contribution in [0.3, 0.4) is 0 Å². The van der Waals surface area contributed by atoms with Crippen molar-refractivity contribution >= 4 is 5.97 Å². The Morgan fingerprint density at radius 2 is 2.14 bits per heavy atom. The number of aliphatic hydroxyl groups is 1. The summed E-state index contributed by atoms with van der Waals surface area (Å²) in [4.78, 5) is 17.6. The van der Waals surface area contributed by atoms with Crippen molar-refractivity contribution in [2.75, 3.05) is 13.1 Å². The van der Waals surface area contributed by atoms with Gasteiger partial charge in [-0.05, 0) is 18.6 Å². The van der Waals surface area contributed by atoms with Gasteiger partial charge in [0, 0.05) is 25.2 Å². The molecule has 0 spiro atoms. The Kier molecular flexibility index (Phi) is 4.22. The number of rotatable bonds is 4. The SMILES string of the molecule is O=C(O)[C@@H]1CN(Cc2coc(-c3ccccc3)n2)CC[C@H]1O. The lowest BCUT2D eigenvalue weighted by atomic mass is 9.95. The molecule has 1 aliphatic rings. The van der Waals surface area contributed by atoms with Gasteiger partial charge in [-0.15, -0.1) is 0 Å². The molecule has 116 valence electrons. The zero-order chi connectivity index (χ0) is 15.5. The predicted octanol–water partition coefficient (Wildman–Crippen LogP) is 1.61. The maximum atomic E-state index is 11.1. The Hall–Kier alpha value is -2.18. The van der Waals surface area contributed by atoms with E-state index < -0.39 is 18.0 Å². The number of aromatic nitrogens is 1. The molecule has 0 unspecified atom stereocenters. The number of carbonyl (C=O) groups is 1. The highest BCUT2D eigenvalue weighted by molar-refractivity contribution is 5.71. The molecule has 6 nitrogen and oxygen atoms in total. The molecular formula is C16H18N2O4. The van der Waals surface area contributed by atoms with E-state index in [-0.39, 0.29) is 0 Å². The van der Waals surface area contributed by atoms with Crippen molar-refractivity contribution in [3.63, 3.8) is 0 Å². The first-order chi connectivity index (χ1) is 10.6. The smallest absolute Gasteiger partial charge is 0.310 e. The summed E-state index contributed by atoms with van der Waals surface area (Å²) >= 11 is 0. The van der Waals surface area contributed by atoms with E-state index in [4.69, 9.17) is 9.52 Å². The van der Waals surface area contributed by atoms with E-state index in [1.807, 2.05) is 35.2 Å². The van der Waals surface area contributed by atoms with Crippen LogP contribution in [0.25, 0.3) is 11.5 Å². The van der Waals surface area contributed by atoms with Crippen LogP contribution in [-0.2, 0) is 11.3 Å². The van der Waals surface area contributed by atoms with Crippen LogP contribution < -0.4 is 0 Å². The number of nitrogens with zero attached hydrogens (tertiary/aromatic N) is 2. The van der Waals surface area contributed by atoms with Crippen LogP contribution in [-0.4, -0.2) is 45.3 Å². The summed E-state index contributed by atoms with van der Waals surface area (Å²) in [6, 6.07) is 9.62. The Balaban J connectivity index is 1.67. The third kappa shape index (κ3) is 3.18. The molecule has 1 aromatic heterocycles. The van der Waals surface area contributed by atoms with Crippen molar-refractivity contribution in [3.8, 4) is 11.5 Å². The number of likely N-dealkylation sites (tertiary alicyclic amines) is 1. The van der Waals surface area contributed by atoms with E-state index in [1.54, 1.807) is 6.26 Å². The molecule has 1 aromatic carbocycles. The molecule has 0 bridgehead atoms. The molecule has 1 aliphatic heterocycles. The largest absolute Gasteiger partial charge is 0.481 e. The molecule has 1 saturated heterocycles. The summed E-state index contributed by atoms with van der Waals surface area (Å²) in [5.41, 5.74) is 1.67. The molecule has 0 amide bonds. The number of aliphatic hydroxyl groups excluding tert-OH is 1. The van der Waals surface area contributed by atoms with E-state index in [0.717, 1.165) is 11.3 Å². The van der Waals surface area contributed by atoms with Crippen LogP contribution in [0.2, 0.25) is 0 Å². The van der Waals surface area contributed by atoms with Gasteiger partial charge in [0.05, 0.1) is 17.7 Å². The van der Waals surface area contributed by atoms with Crippen molar-refractivity contribution in [2.45, 2.75) is 19.1 Å². The molecular weight excluding hydrogens is 284 g/mol. The Bertz CT molecular complexity index is 641. The molecule has 2 aromatic rings. The number of carboxylic acids is 1. The second-order valence-electron chi connectivity index (χ2n) is 5.55. The summed E-state index contributed by atoms with van der Waals surface area (Å²) < 4.78 is 5.48. The van der Waals surface area contributed by atoms with Gasteiger partial charge in [-0.1, -0.05) is 18.2 Å². The summed E-state index contributed by atoms with van der Waals surface area (Å²) in [6.45, 7) is 1.50. The van der Waals surface area contributed by atoms with Crippen molar-refractivity contribution < 1.29 is 19.4 Å². The molecule has 22 heavy (non-hydrogen) atoms. The van der Waals surface area contributed by atoms with Crippen LogP contribution in [0.15, 0.2) is 41.0 Å². The van der Waals surface area contributed by atoms with Gasteiger partial charge in [0.25, 0.3) is 0 Å². The minimum Gasteiger partial charge on any atom is -0.481 e. The highest BCUT2D eigenvalue weighted by Crippen LogP contribution is 2.22. The van der Waals surface area contributed by atoms with Crippen LogP contribution in [0.4, 0.5) is 0 Å². The zero-order valence-electron chi connectivity index (χ0n) is 12.1. The molecule has 3 rings (SSSR count). The highest BCUT2D eigenvalue weighted by Gasteiger charge is 2.33. The van der Waals surface area contributed by atoms with Gasteiger partial charge in [-0.25, -0.2) is 4.98 Å². The monoisotopic (exact) mass is 302 g/mol. The molecule has 1 fully saturated rings. The fourth-order valence-corrected chi connectivity index (χ4v) is 2.72. The van der Waals surface area contributed by atoms with Gasteiger partial charge >= 0.3 is 5.97 Å². The molecule has 0 radical (unpaired) electrons. The van der Waals surface area contributed by atoms with Crippen molar-refractivity contribution in [1.82, 2.24) is 9.88 Å². The Morgan fingerprint density at radius 3 is 2.86 bits per heavy atom. The predicted molar refractivity (Wildman–Crippen MR) is 79.0 cm³/mol. The van der Waals surface area contributed by atoms with Gasteiger partial charge in [-0.3, -0.25) is 9.69 Å². The van der Waals surface area contributed by atoms with Gasteiger partial charge < -0.3 is 14.6 Å². The van der Waals surface area contributed by atoms with Gasteiger partial charge in [0.2, 0.25) is 5.89 Å². The standard InChI is InChI=1S/C16H18N2O4/c19-14-6-7-18(9-13(14)16(20)21)8-12-10-22-15(17-12)11-4-2-1-3-5-11/h1-5,10,13-14,19H,6-9H2,(H,20,21)/t13-,14-/m1/s1. The van der Waals surface area contributed by atoms with Gasteiger partial charge in [-0.2, -0.15) is 0 Å². The summed E-state index contributed by atoms with van der Waals surface area (Å²) in [6.07, 6.45) is 1.29. The van der Waals surface area contributed by atoms with Crippen molar-refractivity contribution in [3.05, 3.63) is 42.3 Å². The fourth-order valence-electron chi connectivity index (χ4n) is 2.72. The molecule has 0 aliphatic carbocycles. The summed E-state index contributed by atoms with van der Waals surface area (Å²) in [5.74, 6) is -1.14. The first kappa shape index (κ1) is 14.7. The van der Waals surface area contributed by atoms with Gasteiger partial charge in [0.1, 0.15) is 6.26 Å². The third-order valence-electron chi connectivity index (χ3n) is 3.94. The second kappa shape index (κ2) is 6.29. The maximum Gasteiger partial charge on any atom is 0.310 e. The van der Waals surface area contributed by atoms with E-state index in [2.05, 4.69) is 4.98 Å². The number of oxazole rings is 1. The third-order valence-corrected chi connectivity index (χ3v) is 3.94. The number of benzene rings is 1. The summed E-state index contributed by atoms with van der Waals surface area (Å²) in [7, 11) is 0. The van der Waals surface area contributed by atoms with Crippen molar-refractivity contribution in [2.24, 2.45) is 5.92 Å². The molecule has 2 heterocycles. The first-order valence-corrected chi connectivity index (χ1v) is 7.26. The number of hydrogen-bond donors (Lipinski definition) is 2. The van der Waals surface area contributed by atoms with E-state index in [1.165, 1.54) is 0 Å². The van der Waals surface area contributed by atoms with Crippen molar-refractivity contribution in [1.29, 1.82) is 0 Å². The van der Waals surface area contributed by atoms with Crippen LogP contribution in [0.1, 0.15) is 12.1 Å². The minimum atomic E-state index is -0.956. The quantitative estimate of drug-likeness (QED) is 0.892. The molecule has 6 heteroatoms. The number of hydrogen-bond acceptors (Lipinski definition) is 5. The van der Waals surface area contributed by atoms with Crippen LogP contribution in [0.5, 0.6) is 0 Å². The number of carboxylic acid groups (broad SMARTS) is 1. The number of aliphatic carboxylic acids is 1. The maximum absolute atomic E-state index is 11.1.